The number of nitro groups is 1. The molecule has 2 aromatic rings. The summed E-state index contributed by atoms with van der Waals surface area (Å²) in [4.78, 5) is 26.5. The van der Waals surface area contributed by atoms with Crippen molar-refractivity contribution in [1.29, 1.82) is 5.26 Å². The highest BCUT2D eigenvalue weighted by molar-refractivity contribution is 6.21. The zero-order valence-electron chi connectivity index (χ0n) is 13.3. The number of aryl methyl sites for hydroxylation is 1. The maximum atomic E-state index is 12.3. The SMILES string of the molecule is Cc1ccc(C2=CC(c3ccc([N+](=O)[O-])cc3)=NC(=O)C2C#N)cc1. The van der Waals surface area contributed by atoms with Crippen molar-refractivity contribution in [2.24, 2.45) is 10.9 Å². The standard InChI is InChI=1S/C19H13N3O3/c1-12-2-4-13(5-3-12)16-10-18(21-19(23)17(16)11-20)14-6-8-15(9-7-14)22(24)25/h2-10,17H,1H3. The van der Waals surface area contributed by atoms with Crippen molar-refractivity contribution in [3.05, 3.63) is 81.4 Å². The van der Waals surface area contributed by atoms with Gasteiger partial charge < -0.3 is 0 Å². The second-order valence-corrected chi connectivity index (χ2v) is 5.67. The average Bonchev–Trinajstić information content (AvgIpc) is 2.62. The molecule has 1 aliphatic rings. The first-order valence-electron chi connectivity index (χ1n) is 7.55. The Morgan fingerprint density at radius 1 is 1.08 bits per heavy atom. The monoisotopic (exact) mass is 331 g/mol. The van der Waals surface area contributed by atoms with Gasteiger partial charge in [0, 0.05) is 17.7 Å². The summed E-state index contributed by atoms with van der Waals surface area (Å²) in [6.07, 6.45) is 1.70. The van der Waals surface area contributed by atoms with Crippen molar-refractivity contribution < 1.29 is 9.72 Å². The van der Waals surface area contributed by atoms with Crippen LogP contribution < -0.4 is 0 Å². The lowest BCUT2D eigenvalue weighted by Gasteiger charge is -2.17. The number of benzene rings is 2. The predicted molar refractivity (Wildman–Crippen MR) is 92.9 cm³/mol. The highest BCUT2D eigenvalue weighted by atomic mass is 16.6. The molecule has 0 N–H and O–H groups in total. The zero-order chi connectivity index (χ0) is 18.0. The number of carbonyl (C=O) groups is 1. The van der Waals surface area contributed by atoms with E-state index in [1.165, 1.54) is 12.1 Å². The lowest BCUT2D eigenvalue weighted by Crippen LogP contribution is -2.20. The Hall–Kier alpha value is -3.59. The van der Waals surface area contributed by atoms with Crippen molar-refractivity contribution in [3.8, 4) is 6.07 Å². The predicted octanol–water partition coefficient (Wildman–Crippen LogP) is 3.46. The second-order valence-electron chi connectivity index (χ2n) is 5.67. The minimum Gasteiger partial charge on any atom is -0.271 e. The summed E-state index contributed by atoms with van der Waals surface area (Å²) < 4.78 is 0. The summed E-state index contributed by atoms with van der Waals surface area (Å²) in [5.74, 6) is -1.49. The van der Waals surface area contributed by atoms with E-state index in [0.29, 0.717) is 16.8 Å². The van der Waals surface area contributed by atoms with Crippen LogP contribution in [-0.4, -0.2) is 16.5 Å². The normalized spacial score (nSPS) is 16.6. The molecule has 0 radical (unpaired) electrons. The van der Waals surface area contributed by atoms with Crippen molar-refractivity contribution in [3.63, 3.8) is 0 Å². The van der Waals surface area contributed by atoms with Gasteiger partial charge in [-0.3, -0.25) is 14.9 Å². The van der Waals surface area contributed by atoms with Gasteiger partial charge in [-0.15, -0.1) is 0 Å². The first-order valence-corrected chi connectivity index (χ1v) is 7.55. The van der Waals surface area contributed by atoms with Crippen LogP contribution in [0.1, 0.15) is 16.7 Å². The number of dihydropyridines is 1. The van der Waals surface area contributed by atoms with Crippen LogP contribution in [0.3, 0.4) is 0 Å². The number of aliphatic imine (C=N–C) groups is 1. The van der Waals surface area contributed by atoms with E-state index in [0.717, 1.165) is 11.1 Å². The first-order chi connectivity index (χ1) is 12.0. The molecular formula is C19H13N3O3. The number of nitro benzene ring substituents is 1. The van der Waals surface area contributed by atoms with Gasteiger partial charge in [0.05, 0.1) is 16.7 Å². The highest BCUT2D eigenvalue weighted by Gasteiger charge is 2.28. The molecule has 0 aliphatic carbocycles. The average molecular weight is 331 g/mol. The molecule has 1 amide bonds. The Balaban J connectivity index is 2.05. The summed E-state index contributed by atoms with van der Waals surface area (Å²) in [7, 11) is 0. The molecular weight excluding hydrogens is 318 g/mol. The van der Waals surface area contributed by atoms with Crippen LogP contribution in [0.15, 0.2) is 59.6 Å². The van der Waals surface area contributed by atoms with Crippen molar-refractivity contribution in [1.82, 2.24) is 0 Å². The number of allylic oxidation sites excluding steroid dienone is 1. The maximum absolute atomic E-state index is 12.3. The number of nitriles is 1. The summed E-state index contributed by atoms with van der Waals surface area (Å²) >= 11 is 0. The van der Waals surface area contributed by atoms with Crippen LogP contribution in [0.2, 0.25) is 0 Å². The number of rotatable bonds is 3. The molecule has 0 spiro atoms. The van der Waals surface area contributed by atoms with E-state index in [1.807, 2.05) is 37.3 Å². The van der Waals surface area contributed by atoms with Crippen LogP contribution in [0, 0.1) is 34.3 Å². The first kappa shape index (κ1) is 16.3. The van der Waals surface area contributed by atoms with Gasteiger partial charge >= 0.3 is 0 Å². The molecule has 122 valence electrons. The van der Waals surface area contributed by atoms with E-state index in [1.54, 1.807) is 18.2 Å². The fraction of sp³-hybridized carbons (Fsp3) is 0.105. The molecule has 25 heavy (non-hydrogen) atoms. The molecule has 1 unspecified atom stereocenters. The molecule has 6 nitrogen and oxygen atoms in total. The van der Waals surface area contributed by atoms with Crippen molar-refractivity contribution in [2.45, 2.75) is 6.92 Å². The van der Waals surface area contributed by atoms with Gasteiger partial charge in [0.25, 0.3) is 11.6 Å². The molecule has 0 bridgehead atoms. The number of nitrogens with zero attached hydrogens (tertiary/aromatic N) is 3. The summed E-state index contributed by atoms with van der Waals surface area (Å²) in [5.41, 5.74) is 3.37. The number of non-ortho nitro benzene ring substituents is 1. The van der Waals surface area contributed by atoms with E-state index >= 15 is 0 Å². The molecule has 3 rings (SSSR count). The minimum atomic E-state index is -0.954. The van der Waals surface area contributed by atoms with E-state index in [9.17, 15) is 20.2 Å². The zero-order valence-corrected chi connectivity index (χ0v) is 13.3. The van der Waals surface area contributed by atoms with Gasteiger partial charge in [-0.05, 0) is 36.3 Å². The summed E-state index contributed by atoms with van der Waals surface area (Å²) in [6, 6.07) is 15.3. The van der Waals surface area contributed by atoms with Gasteiger partial charge in [0.15, 0.2) is 5.92 Å². The molecule has 0 saturated carbocycles. The molecule has 0 fully saturated rings. The largest absolute Gasteiger partial charge is 0.271 e. The number of hydrogen-bond acceptors (Lipinski definition) is 4. The number of hydrogen-bond donors (Lipinski definition) is 0. The third-order valence-electron chi connectivity index (χ3n) is 3.97. The van der Waals surface area contributed by atoms with Crippen LogP contribution in [0.5, 0.6) is 0 Å². The van der Waals surface area contributed by atoms with Gasteiger partial charge in [-0.1, -0.05) is 29.8 Å². The van der Waals surface area contributed by atoms with Crippen LogP contribution in [-0.2, 0) is 4.79 Å². The topological polar surface area (TPSA) is 96.4 Å². The van der Waals surface area contributed by atoms with Gasteiger partial charge in [-0.25, -0.2) is 4.99 Å². The van der Waals surface area contributed by atoms with Gasteiger partial charge in [0.2, 0.25) is 0 Å². The van der Waals surface area contributed by atoms with Crippen molar-refractivity contribution >= 4 is 22.9 Å². The second kappa shape index (κ2) is 6.49. The maximum Gasteiger partial charge on any atom is 0.269 e. The van der Waals surface area contributed by atoms with E-state index in [2.05, 4.69) is 4.99 Å². The molecule has 0 aromatic heterocycles. The van der Waals surface area contributed by atoms with Crippen molar-refractivity contribution in [2.75, 3.05) is 0 Å². The van der Waals surface area contributed by atoms with Crippen LogP contribution >= 0.6 is 0 Å². The minimum absolute atomic E-state index is 0.0378. The number of carbonyl (C=O) groups excluding carboxylic acids is 1. The Labute approximate surface area is 143 Å². The molecule has 1 aliphatic heterocycles. The molecule has 1 atom stereocenters. The Bertz CT molecular complexity index is 949. The number of amides is 1. The van der Waals surface area contributed by atoms with Crippen LogP contribution in [0.25, 0.3) is 5.57 Å². The highest BCUT2D eigenvalue weighted by Crippen LogP contribution is 2.29. The third kappa shape index (κ3) is 3.21. The van der Waals surface area contributed by atoms with E-state index in [4.69, 9.17) is 0 Å². The molecule has 2 aromatic carbocycles. The lowest BCUT2D eigenvalue weighted by atomic mass is 9.88. The van der Waals surface area contributed by atoms with Gasteiger partial charge in [-0.2, -0.15) is 5.26 Å². The lowest BCUT2D eigenvalue weighted by molar-refractivity contribution is -0.384. The summed E-state index contributed by atoms with van der Waals surface area (Å²) in [5, 5.41) is 20.1. The van der Waals surface area contributed by atoms with E-state index < -0.39 is 16.7 Å². The molecule has 0 saturated heterocycles. The Morgan fingerprint density at radius 3 is 2.24 bits per heavy atom. The molecule has 6 heteroatoms. The fourth-order valence-corrected chi connectivity index (χ4v) is 2.60. The van der Waals surface area contributed by atoms with Gasteiger partial charge in [0.1, 0.15) is 0 Å². The Morgan fingerprint density at radius 2 is 1.68 bits per heavy atom. The van der Waals surface area contributed by atoms with E-state index in [-0.39, 0.29) is 5.69 Å². The summed E-state index contributed by atoms with van der Waals surface area (Å²) in [6.45, 7) is 1.95. The molecule has 1 heterocycles. The quantitative estimate of drug-likeness (QED) is 0.635. The Kier molecular flexibility index (Phi) is 4.23. The van der Waals surface area contributed by atoms with Crippen LogP contribution in [0.4, 0.5) is 5.69 Å². The third-order valence-corrected chi connectivity index (χ3v) is 3.97. The smallest absolute Gasteiger partial charge is 0.269 e. The fourth-order valence-electron chi connectivity index (χ4n) is 2.60.